The minimum absolute atomic E-state index is 0.0321. The van der Waals surface area contributed by atoms with Gasteiger partial charge in [-0.25, -0.2) is 0 Å². The molecule has 0 bridgehead atoms. The average Bonchev–Trinajstić information content (AvgIpc) is 2.53. The van der Waals surface area contributed by atoms with Crippen molar-refractivity contribution in [3.63, 3.8) is 0 Å². The van der Waals surface area contributed by atoms with Crippen LogP contribution in [0.25, 0.3) is 0 Å². The standard InChI is InChI=1S/C14H26N4O2/c1-11(14(20)17-9-6-16-7-10-17)18-8-4-3-5-12(18)13(19)15-2/h11-12,16H,3-10H2,1-2H3,(H,15,19). The molecule has 0 aromatic carbocycles. The molecule has 2 amide bonds. The van der Waals surface area contributed by atoms with Crippen molar-refractivity contribution in [2.24, 2.45) is 0 Å². The maximum Gasteiger partial charge on any atom is 0.239 e. The fraction of sp³-hybridized carbons (Fsp3) is 0.857. The van der Waals surface area contributed by atoms with Gasteiger partial charge in [-0.2, -0.15) is 0 Å². The number of nitrogens with zero attached hydrogens (tertiary/aromatic N) is 2. The van der Waals surface area contributed by atoms with Gasteiger partial charge in [0.25, 0.3) is 0 Å². The van der Waals surface area contributed by atoms with E-state index in [4.69, 9.17) is 0 Å². The molecule has 114 valence electrons. The van der Waals surface area contributed by atoms with Crippen molar-refractivity contribution in [2.45, 2.75) is 38.3 Å². The first-order valence-electron chi connectivity index (χ1n) is 7.62. The zero-order valence-corrected chi connectivity index (χ0v) is 12.5. The van der Waals surface area contributed by atoms with Gasteiger partial charge in [0, 0.05) is 33.2 Å². The van der Waals surface area contributed by atoms with Crippen LogP contribution in [0.5, 0.6) is 0 Å². The van der Waals surface area contributed by atoms with Crippen LogP contribution in [0.1, 0.15) is 26.2 Å². The van der Waals surface area contributed by atoms with Crippen LogP contribution < -0.4 is 10.6 Å². The highest BCUT2D eigenvalue weighted by molar-refractivity contribution is 5.85. The van der Waals surface area contributed by atoms with Crippen LogP contribution in [0, 0.1) is 0 Å². The Labute approximate surface area is 120 Å². The van der Waals surface area contributed by atoms with E-state index in [0.717, 1.165) is 52.0 Å². The molecule has 0 aromatic heterocycles. The topological polar surface area (TPSA) is 64.7 Å². The first-order chi connectivity index (χ1) is 9.65. The number of carbonyl (C=O) groups excluding carboxylic acids is 2. The van der Waals surface area contributed by atoms with Gasteiger partial charge in [-0.1, -0.05) is 6.42 Å². The molecule has 2 aliphatic rings. The van der Waals surface area contributed by atoms with E-state index in [9.17, 15) is 9.59 Å². The smallest absolute Gasteiger partial charge is 0.239 e. The third-order valence-corrected chi connectivity index (χ3v) is 4.38. The fourth-order valence-corrected chi connectivity index (χ4v) is 3.16. The zero-order chi connectivity index (χ0) is 14.5. The zero-order valence-electron chi connectivity index (χ0n) is 12.5. The molecule has 0 radical (unpaired) electrons. The lowest BCUT2D eigenvalue weighted by molar-refractivity contribution is -0.141. The quantitative estimate of drug-likeness (QED) is 0.726. The predicted molar refractivity (Wildman–Crippen MR) is 77.3 cm³/mol. The number of likely N-dealkylation sites (tertiary alicyclic amines) is 1. The molecule has 0 aromatic rings. The van der Waals surface area contributed by atoms with E-state index in [2.05, 4.69) is 15.5 Å². The van der Waals surface area contributed by atoms with Crippen molar-refractivity contribution in [2.75, 3.05) is 39.8 Å². The molecule has 6 nitrogen and oxygen atoms in total. The molecule has 2 N–H and O–H groups in total. The molecule has 6 heteroatoms. The number of hydrogen-bond acceptors (Lipinski definition) is 4. The van der Waals surface area contributed by atoms with Crippen molar-refractivity contribution in [3.05, 3.63) is 0 Å². The third-order valence-electron chi connectivity index (χ3n) is 4.38. The summed E-state index contributed by atoms with van der Waals surface area (Å²) in [7, 11) is 1.66. The van der Waals surface area contributed by atoms with Crippen LogP contribution in [0.3, 0.4) is 0 Å². The van der Waals surface area contributed by atoms with E-state index < -0.39 is 0 Å². The number of rotatable bonds is 3. The first-order valence-corrected chi connectivity index (χ1v) is 7.62. The Morgan fingerprint density at radius 3 is 2.55 bits per heavy atom. The second kappa shape index (κ2) is 7.04. The Morgan fingerprint density at radius 2 is 1.90 bits per heavy atom. The van der Waals surface area contributed by atoms with Gasteiger partial charge >= 0.3 is 0 Å². The van der Waals surface area contributed by atoms with E-state index in [1.54, 1.807) is 7.05 Å². The number of hydrogen-bond donors (Lipinski definition) is 2. The van der Waals surface area contributed by atoms with Gasteiger partial charge in [0.2, 0.25) is 11.8 Å². The number of likely N-dealkylation sites (N-methyl/N-ethyl adjacent to an activating group) is 1. The lowest BCUT2D eigenvalue weighted by atomic mass is 9.99. The summed E-state index contributed by atoms with van der Waals surface area (Å²) in [5, 5.41) is 5.98. The second-order valence-corrected chi connectivity index (χ2v) is 5.61. The van der Waals surface area contributed by atoms with Gasteiger partial charge in [-0.15, -0.1) is 0 Å². The van der Waals surface area contributed by atoms with Crippen LogP contribution in [0.4, 0.5) is 0 Å². The third kappa shape index (κ3) is 3.30. The predicted octanol–water partition coefficient (Wildman–Crippen LogP) is -0.593. The normalized spacial score (nSPS) is 26.1. The van der Waals surface area contributed by atoms with Gasteiger partial charge in [-0.3, -0.25) is 14.5 Å². The molecule has 2 unspecified atom stereocenters. The number of piperidine rings is 1. The Bertz CT molecular complexity index is 355. The molecule has 0 aliphatic carbocycles. The molecule has 20 heavy (non-hydrogen) atoms. The van der Waals surface area contributed by atoms with E-state index in [0.29, 0.717) is 0 Å². The van der Waals surface area contributed by atoms with Crippen LogP contribution in [-0.2, 0) is 9.59 Å². The Morgan fingerprint density at radius 1 is 1.20 bits per heavy atom. The molecule has 2 fully saturated rings. The maximum atomic E-state index is 12.6. The SMILES string of the molecule is CNC(=O)C1CCCCN1C(C)C(=O)N1CCNCC1. The number of piperazine rings is 1. The van der Waals surface area contributed by atoms with Crippen LogP contribution >= 0.6 is 0 Å². The van der Waals surface area contributed by atoms with Crippen molar-refractivity contribution >= 4 is 11.8 Å². The summed E-state index contributed by atoms with van der Waals surface area (Å²) in [4.78, 5) is 28.6. The van der Waals surface area contributed by atoms with Crippen LogP contribution in [0.15, 0.2) is 0 Å². The van der Waals surface area contributed by atoms with Gasteiger partial charge < -0.3 is 15.5 Å². The second-order valence-electron chi connectivity index (χ2n) is 5.61. The molecule has 2 saturated heterocycles. The Hall–Kier alpha value is -1.14. The number of nitrogens with one attached hydrogen (secondary N) is 2. The summed E-state index contributed by atoms with van der Waals surface area (Å²) in [5.74, 6) is 0.187. The van der Waals surface area contributed by atoms with E-state index in [1.165, 1.54) is 0 Å². The van der Waals surface area contributed by atoms with Crippen molar-refractivity contribution in [3.8, 4) is 0 Å². The highest BCUT2D eigenvalue weighted by Crippen LogP contribution is 2.21. The Kier molecular flexibility index (Phi) is 5.37. The van der Waals surface area contributed by atoms with Gasteiger partial charge in [0.15, 0.2) is 0 Å². The van der Waals surface area contributed by atoms with E-state index >= 15 is 0 Å². The Balaban J connectivity index is 2.02. The van der Waals surface area contributed by atoms with Gasteiger partial charge in [0.05, 0.1) is 12.1 Å². The monoisotopic (exact) mass is 282 g/mol. The van der Waals surface area contributed by atoms with E-state index in [-0.39, 0.29) is 23.9 Å². The highest BCUT2D eigenvalue weighted by atomic mass is 16.2. The fourth-order valence-electron chi connectivity index (χ4n) is 3.16. The lowest BCUT2D eigenvalue weighted by Crippen LogP contribution is -2.58. The van der Waals surface area contributed by atoms with Crippen LogP contribution in [0.2, 0.25) is 0 Å². The minimum Gasteiger partial charge on any atom is -0.358 e. The molecular formula is C14H26N4O2. The highest BCUT2D eigenvalue weighted by Gasteiger charge is 2.35. The lowest BCUT2D eigenvalue weighted by Gasteiger charge is -2.40. The summed E-state index contributed by atoms with van der Waals surface area (Å²) < 4.78 is 0. The van der Waals surface area contributed by atoms with E-state index in [1.807, 2.05) is 11.8 Å². The summed E-state index contributed by atoms with van der Waals surface area (Å²) >= 11 is 0. The number of amides is 2. The molecule has 2 rings (SSSR count). The number of carbonyl (C=O) groups is 2. The molecule has 0 spiro atoms. The summed E-state index contributed by atoms with van der Waals surface area (Å²) in [6.07, 6.45) is 2.97. The largest absolute Gasteiger partial charge is 0.358 e. The molecule has 2 heterocycles. The summed E-state index contributed by atoms with van der Waals surface area (Å²) in [5.41, 5.74) is 0. The van der Waals surface area contributed by atoms with Crippen molar-refractivity contribution < 1.29 is 9.59 Å². The summed E-state index contributed by atoms with van der Waals surface area (Å²) in [6, 6.07) is -0.369. The van der Waals surface area contributed by atoms with Crippen LogP contribution in [-0.4, -0.2) is 73.5 Å². The van der Waals surface area contributed by atoms with Gasteiger partial charge in [-0.05, 0) is 26.3 Å². The first kappa shape index (κ1) is 15.3. The molecular weight excluding hydrogens is 256 g/mol. The molecule has 2 atom stereocenters. The molecule has 2 aliphatic heterocycles. The maximum absolute atomic E-state index is 12.6. The van der Waals surface area contributed by atoms with Crippen molar-refractivity contribution in [1.82, 2.24) is 20.4 Å². The molecule has 0 saturated carbocycles. The average molecular weight is 282 g/mol. The minimum atomic E-state index is -0.212. The van der Waals surface area contributed by atoms with Gasteiger partial charge in [0.1, 0.15) is 0 Å². The summed E-state index contributed by atoms with van der Waals surface area (Å²) in [6.45, 7) is 6.01. The van der Waals surface area contributed by atoms with Crippen molar-refractivity contribution in [1.29, 1.82) is 0 Å².